The van der Waals surface area contributed by atoms with Crippen LogP contribution in [0.5, 0.6) is 23.0 Å². The fourth-order valence-corrected chi connectivity index (χ4v) is 5.57. The van der Waals surface area contributed by atoms with Gasteiger partial charge in [0.25, 0.3) is 10.0 Å². The normalized spacial score (nSPS) is 14.1. The number of rotatable bonds is 7. The first kappa shape index (κ1) is 24.5. The van der Waals surface area contributed by atoms with Crippen LogP contribution in [-0.2, 0) is 10.0 Å². The maximum Gasteiger partial charge on any atom is 0.264 e. The zero-order chi connectivity index (χ0) is 26.2. The van der Waals surface area contributed by atoms with Gasteiger partial charge in [0, 0.05) is 16.8 Å². The van der Waals surface area contributed by atoms with Crippen molar-refractivity contribution in [2.75, 3.05) is 26.1 Å². The predicted octanol–water partition coefficient (Wildman–Crippen LogP) is 5.80. The summed E-state index contributed by atoms with van der Waals surface area (Å²) < 4.78 is 65.5. The van der Waals surface area contributed by atoms with E-state index in [4.69, 9.17) is 18.9 Å². The first-order valence-corrected chi connectivity index (χ1v) is 12.8. The third-order valence-electron chi connectivity index (χ3n) is 6.14. The number of sulfonamides is 1. The molecule has 0 fully saturated rings. The van der Waals surface area contributed by atoms with Crippen LogP contribution in [0, 0.1) is 5.82 Å². The standard InChI is InChI=1S/C28H24FNO6S/c1-33-22-14-11-17(15-25(22)35-3)28-20-16-18(30-37(31,32)26-10-5-4-7-21(26)29)12-13-19(20)27-23(34-2)8-6-9-24(27)36-28/h4-16,28,30H,1-3H3. The molecule has 0 amide bonds. The second kappa shape index (κ2) is 9.67. The highest BCUT2D eigenvalue weighted by molar-refractivity contribution is 7.92. The average Bonchev–Trinajstić information content (AvgIpc) is 2.91. The van der Waals surface area contributed by atoms with E-state index in [0.717, 1.165) is 22.8 Å². The Kier molecular flexibility index (Phi) is 6.39. The summed E-state index contributed by atoms with van der Waals surface area (Å²) >= 11 is 0. The van der Waals surface area contributed by atoms with Gasteiger partial charge < -0.3 is 18.9 Å². The van der Waals surface area contributed by atoms with Gasteiger partial charge in [-0.25, -0.2) is 12.8 Å². The third kappa shape index (κ3) is 4.42. The molecule has 37 heavy (non-hydrogen) atoms. The lowest BCUT2D eigenvalue weighted by atomic mass is 9.88. The monoisotopic (exact) mass is 521 g/mol. The topological polar surface area (TPSA) is 83.1 Å². The Bertz CT molecular complexity index is 1590. The number of halogens is 1. The molecule has 9 heteroatoms. The van der Waals surface area contributed by atoms with Crippen molar-refractivity contribution in [3.8, 4) is 34.1 Å². The number of fused-ring (bicyclic) bond motifs is 3. The molecule has 0 aliphatic carbocycles. The fourth-order valence-electron chi connectivity index (χ4n) is 4.44. The third-order valence-corrected chi connectivity index (χ3v) is 7.56. The molecule has 0 bridgehead atoms. The number of anilines is 1. The van der Waals surface area contributed by atoms with Crippen molar-refractivity contribution < 1.29 is 31.8 Å². The first-order chi connectivity index (χ1) is 17.9. The van der Waals surface area contributed by atoms with Gasteiger partial charge in [-0.2, -0.15) is 0 Å². The van der Waals surface area contributed by atoms with Crippen molar-refractivity contribution in [2.45, 2.75) is 11.0 Å². The number of hydrogen-bond acceptors (Lipinski definition) is 6. The van der Waals surface area contributed by atoms with Gasteiger partial charge in [0.05, 0.1) is 26.9 Å². The van der Waals surface area contributed by atoms with Gasteiger partial charge in [0.15, 0.2) is 11.5 Å². The predicted molar refractivity (Wildman–Crippen MR) is 138 cm³/mol. The van der Waals surface area contributed by atoms with Gasteiger partial charge in [0.2, 0.25) is 0 Å². The smallest absolute Gasteiger partial charge is 0.264 e. The second-order valence-electron chi connectivity index (χ2n) is 8.28. The summed E-state index contributed by atoms with van der Waals surface area (Å²) in [6, 6.07) is 21.3. The maximum absolute atomic E-state index is 14.3. The molecule has 0 saturated carbocycles. The fraction of sp³-hybridized carbons (Fsp3) is 0.143. The SMILES string of the molecule is COc1ccc(C2Oc3cccc(OC)c3-c3ccc(NS(=O)(=O)c4ccccc4F)cc32)cc1OC. The van der Waals surface area contributed by atoms with Crippen molar-refractivity contribution in [3.05, 3.63) is 95.8 Å². The van der Waals surface area contributed by atoms with Crippen LogP contribution in [0.3, 0.4) is 0 Å². The lowest BCUT2D eigenvalue weighted by Gasteiger charge is -2.31. The van der Waals surface area contributed by atoms with E-state index in [0.29, 0.717) is 28.6 Å². The lowest BCUT2D eigenvalue weighted by Crippen LogP contribution is -2.18. The largest absolute Gasteiger partial charge is 0.496 e. The molecule has 0 saturated heterocycles. The minimum absolute atomic E-state index is 0.259. The molecule has 4 aromatic rings. The zero-order valence-corrected chi connectivity index (χ0v) is 21.1. The van der Waals surface area contributed by atoms with Crippen LogP contribution in [0.2, 0.25) is 0 Å². The molecule has 1 N–H and O–H groups in total. The quantitative estimate of drug-likeness (QED) is 0.331. The molecule has 1 aliphatic heterocycles. The summed E-state index contributed by atoms with van der Waals surface area (Å²) in [7, 11) is 0.508. The van der Waals surface area contributed by atoms with Crippen LogP contribution >= 0.6 is 0 Å². The number of methoxy groups -OCH3 is 3. The van der Waals surface area contributed by atoms with Crippen LogP contribution in [-0.4, -0.2) is 29.7 Å². The van der Waals surface area contributed by atoms with Crippen molar-refractivity contribution in [3.63, 3.8) is 0 Å². The molecule has 0 aromatic heterocycles. The Morgan fingerprint density at radius 1 is 0.811 bits per heavy atom. The molecule has 4 aromatic carbocycles. The molecule has 0 radical (unpaired) electrons. The minimum Gasteiger partial charge on any atom is -0.496 e. The van der Waals surface area contributed by atoms with E-state index in [-0.39, 0.29) is 5.69 Å². The van der Waals surface area contributed by atoms with Crippen molar-refractivity contribution in [1.82, 2.24) is 0 Å². The summed E-state index contributed by atoms with van der Waals surface area (Å²) in [5.74, 6) is 1.49. The van der Waals surface area contributed by atoms with Crippen LogP contribution in [0.15, 0.2) is 83.8 Å². The molecule has 190 valence electrons. The highest BCUT2D eigenvalue weighted by Crippen LogP contribution is 2.50. The van der Waals surface area contributed by atoms with Crippen LogP contribution in [0.4, 0.5) is 10.1 Å². The first-order valence-electron chi connectivity index (χ1n) is 11.3. The molecule has 1 aliphatic rings. The van der Waals surface area contributed by atoms with Gasteiger partial charge in [-0.3, -0.25) is 4.72 Å². The van der Waals surface area contributed by atoms with Crippen molar-refractivity contribution in [1.29, 1.82) is 0 Å². The number of nitrogens with one attached hydrogen (secondary N) is 1. The molecule has 1 atom stereocenters. The van der Waals surface area contributed by atoms with Gasteiger partial charge in [-0.05, 0) is 54.1 Å². The summed E-state index contributed by atoms with van der Waals surface area (Å²) in [4.78, 5) is -0.438. The Hall–Kier alpha value is -4.24. The van der Waals surface area contributed by atoms with Crippen LogP contribution < -0.4 is 23.7 Å². The Morgan fingerprint density at radius 2 is 1.57 bits per heavy atom. The average molecular weight is 522 g/mol. The molecule has 1 unspecified atom stereocenters. The van der Waals surface area contributed by atoms with Gasteiger partial charge in [0.1, 0.15) is 28.3 Å². The lowest BCUT2D eigenvalue weighted by molar-refractivity contribution is 0.241. The molecule has 5 rings (SSSR count). The van der Waals surface area contributed by atoms with Crippen LogP contribution in [0.25, 0.3) is 11.1 Å². The molecular weight excluding hydrogens is 497 g/mol. The van der Waals surface area contributed by atoms with E-state index in [1.807, 2.05) is 30.3 Å². The Balaban J connectivity index is 1.65. The van der Waals surface area contributed by atoms with E-state index in [1.54, 1.807) is 45.6 Å². The summed E-state index contributed by atoms with van der Waals surface area (Å²) in [5.41, 5.74) is 3.28. The Labute approximate surface area is 214 Å². The highest BCUT2D eigenvalue weighted by Gasteiger charge is 2.31. The van der Waals surface area contributed by atoms with E-state index in [1.165, 1.54) is 18.2 Å². The number of benzene rings is 4. The molecule has 0 spiro atoms. The maximum atomic E-state index is 14.3. The van der Waals surface area contributed by atoms with E-state index < -0.39 is 26.8 Å². The minimum atomic E-state index is -4.17. The highest BCUT2D eigenvalue weighted by atomic mass is 32.2. The van der Waals surface area contributed by atoms with E-state index >= 15 is 0 Å². The molecule has 7 nitrogen and oxygen atoms in total. The van der Waals surface area contributed by atoms with Gasteiger partial charge >= 0.3 is 0 Å². The van der Waals surface area contributed by atoms with Crippen LogP contribution in [0.1, 0.15) is 17.2 Å². The van der Waals surface area contributed by atoms with Crippen molar-refractivity contribution >= 4 is 15.7 Å². The second-order valence-corrected chi connectivity index (χ2v) is 9.93. The van der Waals surface area contributed by atoms with Gasteiger partial charge in [-0.1, -0.05) is 30.3 Å². The zero-order valence-electron chi connectivity index (χ0n) is 20.3. The number of ether oxygens (including phenoxy) is 4. The summed E-state index contributed by atoms with van der Waals surface area (Å²) in [5, 5.41) is 0. The van der Waals surface area contributed by atoms with E-state index in [2.05, 4.69) is 4.72 Å². The molecular formula is C28H24FNO6S. The van der Waals surface area contributed by atoms with E-state index in [9.17, 15) is 12.8 Å². The summed E-state index contributed by atoms with van der Waals surface area (Å²) in [6.45, 7) is 0. The van der Waals surface area contributed by atoms with Crippen molar-refractivity contribution in [2.24, 2.45) is 0 Å². The molecule has 1 heterocycles. The Morgan fingerprint density at radius 3 is 2.30 bits per heavy atom. The number of hydrogen-bond donors (Lipinski definition) is 1. The van der Waals surface area contributed by atoms with Gasteiger partial charge in [-0.15, -0.1) is 0 Å². The summed E-state index contributed by atoms with van der Waals surface area (Å²) in [6.07, 6.45) is -0.604.